The van der Waals surface area contributed by atoms with E-state index in [0.29, 0.717) is 11.5 Å². The Kier molecular flexibility index (Phi) is 5.69. The third-order valence-corrected chi connectivity index (χ3v) is 5.31. The van der Waals surface area contributed by atoms with Crippen LogP contribution in [0.2, 0.25) is 0 Å². The summed E-state index contributed by atoms with van der Waals surface area (Å²) in [6.45, 7) is 3.87. The van der Waals surface area contributed by atoms with Crippen LogP contribution < -0.4 is 9.46 Å². The quantitative estimate of drug-likeness (QED) is 0.829. The van der Waals surface area contributed by atoms with Gasteiger partial charge in [0, 0.05) is 6.54 Å². The van der Waals surface area contributed by atoms with Crippen molar-refractivity contribution in [2.24, 2.45) is 0 Å². The van der Waals surface area contributed by atoms with Crippen LogP contribution in [0.15, 0.2) is 39.8 Å². The van der Waals surface area contributed by atoms with Gasteiger partial charge in [-0.15, -0.1) is 0 Å². The minimum atomic E-state index is -3.62. The molecule has 0 saturated carbocycles. The minimum Gasteiger partial charge on any atom is -0.496 e. The summed E-state index contributed by atoms with van der Waals surface area (Å²) in [7, 11) is 1.71. The van der Waals surface area contributed by atoms with Crippen LogP contribution >= 0.6 is 0 Å². The van der Waals surface area contributed by atoms with Crippen LogP contribution in [0.25, 0.3) is 0 Å². The molecular formula is C17H24N2O4S. The standard InChI is InChI=1S/C17H24N2O4S/c1-12-9-14(10-13(2)17(12)22-5)24(20,21)18-11-15(19(3)4)16-7-6-8-23-16/h6-10,15,18H,11H2,1-5H3. The Morgan fingerprint density at radius 3 is 2.33 bits per heavy atom. The van der Waals surface area contributed by atoms with Crippen molar-refractivity contribution in [1.29, 1.82) is 0 Å². The average Bonchev–Trinajstić information content (AvgIpc) is 3.00. The molecular weight excluding hydrogens is 328 g/mol. The molecule has 1 atom stereocenters. The van der Waals surface area contributed by atoms with E-state index in [9.17, 15) is 8.42 Å². The summed E-state index contributed by atoms with van der Waals surface area (Å²) < 4.78 is 38.6. The molecule has 24 heavy (non-hydrogen) atoms. The fourth-order valence-corrected chi connectivity index (χ4v) is 3.89. The first-order valence-electron chi connectivity index (χ1n) is 7.61. The van der Waals surface area contributed by atoms with Crippen molar-refractivity contribution in [2.75, 3.05) is 27.7 Å². The van der Waals surface area contributed by atoms with Gasteiger partial charge in [-0.2, -0.15) is 0 Å². The number of rotatable bonds is 7. The van der Waals surface area contributed by atoms with Gasteiger partial charge in [-0.3, -0.25) is 4.90 Å². The Bertz CT molecular complexity index is 760. The van der Waals surface area contributed by atoms with E-state index < -0.39 is 10.0 Å². The smallest absolute Gasteiger partial charge is 0.240 e. The van der Waals surface area contributed by atoms with Crippen molar-refractivity contribution >= 4 is 10.0 Å². The highest BCUT2D eigenvalue weighted by atomic mass is 32.2. The van der Waals surface area contributed by atoms with Crippen LogP contribution in [-0.2, 0) is 10.0 Å². The summed E-state index contributed by atoms with van der Waals surface area (Å²) >= 11 is 0. The zero-order chi connectivity index (χ0) is 17.9. The van der Waals surface area contributed by atoms with Crippen molar-refractivity contribution < 1.29 is 17.6 Å². The Hall–Kier alpha value is -1.83. The molecule has 6 nitrogen and oxygen atoms in total. The van der Waals surface area contributed by atoms with E-state index in [4.69, 9.17) is 9.15 Å². The van der Waals surface area contributed by atoms with Crippen molar-refractivity contribution in [3.05, 3.63) is 47.4 Å². The zero-order valence-corrected chi connectivity index (χ0v) is 15.5. The fraction of sp³-hybridized carbons (Fsp3) is 0.412. The van der Waals surface area contributed by atoms with E-state index >= 15 is 0 Å². The summed E-state index contributed by atoms with van der Waals surface area (Å²) in [5.74, 6) is 1.42. The summed E-state index contributed by atoms with van der Waals surface area (Å²) in [5.41, 5.74) is 1.57. The van der Waals surface area contributed by atoms with Crippen molar-refractivity contribution in [1.82, 2.24) is 9.62 Å². The van der Waals surface area contributed by atoms with Gasteiger partial charge in [0.1, 0.15) is 11.5 Å². The van der Waals surface area contributed by atoms with E-state index in [0.717, 1.165) is 11.1 Å². The number of methoxy groups -OCH3 is 1. The first kappa shape index (κ1) is 18.5. The van der Waals surface area contributed by atoms with Gasteiger partial charge in [0.15, 0.2) is 0 Å². The largest absolute Gasteiger partial charge is 0.496 e. The number of furan rings is 1. The molecule has 1 aromatic heterocycles. The van der Waals surface area contributed by atoms with E-state index in [2.05, 4.69) is 4.72 Å². The summed E-state index contributed by atoms with van der Waals surface area (Å²) in [5, 5.41) is 0. The molecule has 0 saturated heterocycles. The number of nitrogens with one attached hydrogen (secondary N) is 1. The van der Waals surface area contributed by atoms with Gasteiger partial charge >= 0.3 is 0 Å². The first-order valence-corrected chi connectivity index (χ1v) is 9.09. The highest BCUT2D eigenvalue weighted by molar-refractivity contribution is 7.89. The van der Waals surface area contributed by atoms with Crippen LogP contribution in [0.4, 0.5) is 0 Å². The monoisotopic (exact) mass is 352 g/mol. The number of hydrogen-bond donors (Lipinski definition) is 1. The van der Waals surface area contributed by atoms with Crippen molar-refractivity contribution in [3.8, 4) is 5.75 Å². The van der Waals surface area contributed by atoms with Crippen LogP contribution in [-0.4, -0.2) is 41.1 Å². The summed E-state index contributed by atoms with van der Waals surface area (Å²) in [6, 6.07) is 6.67. The van der Waals surface area contributed by atoms with Gasteiger partial charge in [0.05, 0.1) is 24.3 Å². The van der Waals surface area contributed by atoms with E-state index in [1.165, 1.54) is 0 Å². The fourth-order valence-electron chi connectivity index (χ4n) is 2.68. The first-order chi connectivity index (χ1) is 11.3. The van der Waals surface area contributed by atoms with Crippen LogP contribution in [0.1, 0.15) is 22.9 Å². The SMILES string of the molecule is COc1c(C)cc(S(=O)(=O)NCC(c2ccco2)N(C)C)cc1C. The molecule has 0 aliphatic heterocycles. The number of hydrogen-bond acceptors (Lipinski definition) is 5. The van der Waals surface area contributed by atoms with Crippen LogP contribution in [0, 0.1) is 13.8 Å². The molecule has 2 aromatic rings. The highest BCUT2D eigenvalue weighted by Crippen LogP contribution is 2.26. The molecule has 0 spiro atoms. The molecule has 0 aliphatic carbocycles. The number of aryl methyl sites for hydroxylation is 2. The number of nitrogens with zero attached hydrogens (tertiary/aromatic N) is 1. The van der Waals surface area contributed by atoms with Crippen molar-refractivity contribution in [2.45, 2.75) is 24.8 Å². The topological polar surface area (TPSA) is 71.8 Å². The lowest BCUT2D eigenvalue weighted by molar-refractivity contribution is 0.259. The normalized spacial score (nSPS) is 13.2. The second-order valence-electron chi connectivity index (χ2n) is 5.94. The molecule has 0 aliphatic rings. The summed E-state index contributed by atoms with van der Waals surface area (Å²) in [6.07, 6.45) is 1.58. The minimum absolute atomic E-state index is 0.185. The maximum absolute atomic E-state index is 12.6. The third kappa shape index (κ3) is 3.98. The van der Waals surface area contributed by atoms with Crippen molar-refractivity contribution in [3.63, 3.8) is 0 Å². The number of sulfonamides is 1. The number of likely N-dealkylation sites (N-methyl/N-ethyl adjacent to an activating group) is 1. The highest BCUT2D eigenvalue weighted by Gasteiger charge is 2.22. The predicted octanol–water partition coefficient (Wildman–Crippen LogP) is 2.49. The number of benzene rings is 1. The lowest BCUT2D eigenvalue weighted by Gasteiger charge is -2.22. The molecule has 1 aromatic carbocycles. The van der Waals surface area contributed by atoms with Crippen LogP contribution in [0.3, 0.4) is 0 Å². The van der Waals surface area contributed by atoms with Crippen LogP contribution in [0.5, 0.6) is 5.75 Å². The molecule has 0 fully saturated rings. The summed E-state index contributed by atoms with van der Waals surface area (Å²) in [4.78, 5) is 2.14. The Morgan fingerprint density at radius 1 is 1.25 bits per heavy atom. The Labute approximate surface area is 143 Å². The lowest BCUT2D eigenvalue weighted by atomic mass is 10.1. The zero-order valence-electron chi connectivity index (χ0n) is 14.7. The van der Waals surface area contributed by atoms with Gasteiger partial charge in [-0.25, -0.2) is 13.1 Å². The van der Waals surface area contributed by atoms with E-state index in [-0.39, 0.29) is 17.5 Å². The Morgan fingerprint density at radius 2 is 1.88 bits per heavy atom. The third-order valence-electron chi connectivity index (χ3n) is 3.91. The molecule has 1 heterocycles. The second-order valence-corrected chi connectivity index (χ2v) is 7.70. The molecule has 0 bridgehead atoms. The average molecular weight is 352 g/mol. The van der Waals surface area contributed by atoms with Gasteiger partial charge in [-0.1, -0.05) is 0 Å². The molecule has 0 radical (unpaired) electrons. The molecule has 132 valence electrons. The van der Waals surface area contributed by atoms with E-state index in [1.54, 1.807) is 31.6 Å². The molecule has 0 amide bonds. The van der Waals surface area contributed by atoms with Gasteiger partial charge in [0.2, 0.25) is 10.0 Å². The lowest BCUT2D eigenvalue weighted by Crippen LogP contribution is -2.34. The molecule has 7 heteroatoms. The second kappa shape index (κ2) is 7.38. The van der Waals surface area contributed by atoms with Gasteiger partial charge < -0.3 is 9.15 Å². The van der Waals surface area contributed by atoms with E-state index in [1.807, 2.05) is 38.9 Å². The predicted molar refractivity (Wildman–Crippen MR) is 92.8 cm³/mol. The van der Waals surface area contributed by atoms with Gasteiger partial charge in [0.25, 0.3) is 0 Å². The van der Waals surface area contributed by atoms with Gasteiger partial charge in [-0.05, 0) is 63.3 Å². The Balaban J connectivity index is 2.22. The molecule has 1 N–H and O–H groups in total. The maximum atomic E-state index is 12.6. The number of ether oxygens (including phenoxy) is 1. The maximum Gasteiger partial charge on any atom is 0.240 e. The molecule has 1 unspecified atom stereocenters. The molecule has 2 rings (SSSR count).